The molecule has 2 N–H and O–H groups in total. The van der Waals surface area contributed by atoms with E-state index in [-0.39, 0.29) is 11.2 Å². The van der Waals surface area contributed by atoms with Gasteiger partial charge in [0.25, 0.3) is 0 Å². The van der Waals surface area contributed by atoms with Crippen LogP contribution in [0.25, 0.3) is 22.5 Å². The molecule has 2 aromatic carbocycles. The number of phenolic OH excluding ortho intramolecular Hbond substituents is 1. The molecule has 0 spiro atoms. The standard InChI is InChI=1S/C22H27N3O/c1-22(2,3)17-11-9-15(10-12-17)20-21(16-7-6-8-18(26)13-16)24-19(23-20)14-25(4)5/h6-13,26H,14H2,1-5H3,(H,23,24). The third-order valence-electron chi connectivity index (χ3n) is 4.38. The second kappa shape index (κ2) is 6.96. The molecule has 0 unspecified atom stereocenters. The molecule has 1 aromatic heterocycles. The molecule has 0 radical (unpaired) electrons. The number of imidazole rings is 1. The van der Waals surface area contributed by atoms with E-state index in [0.717, 1.165) is 34.9 Å². The normalized spacial score (nSPS) is 11.9. The van der Waals surface area contributed by atoms with Crippen molar-refractivity contribution in [1.29, 1.82) is 0 Å². The third kappa shape index (κ3) is 3.97. The van der Waals surface area contributed by atoms with Gasteiger partial charge >= 0.3 is 0 Å². The zero-order valence-electron chi connectivity index (χ0n) is 16.2. The van der Waals surface area contributed by atoms with Gasteiger partial charge in [-0.05, 0) is 37.2 Å². The van der Waals surface area contributed by atoms with Gasteiger partial charge in [-0.25, -0.2) is 4.98 Å². The Hall–Kier alpha value is -2.59. The SMILES string of the molecule is CN(C)Cc1nc(-c2cccc(O)c2)c(-c2ccc(C(C)(C)C)cc2)[nH]1. The molecule has 0 aliphatic rings. The number of rotatable bonds is 4. The van der Waals surface area contributed by atoms with Crippen LogP contribution in [0.1, 0.15) is 32.2 Å². The third-order valence-corrected chi connectivity index (χ3v) is 4.38. The first-order valence-electron chi connectivity index (χ1n) is 8.88. The molecule has 0 atom stereocenters. The molecular weight excluding hydrogens is 322 g/mol. The molecule has 0 aliphatic heterocycles. The number of aromatic nitrogens is 2. The minimum absolute atomic E-state index is 0.122. The van der Waals surface area contributed by atoms with Gasteiger partial charge in [-0.1, -0.05) is 57.2 Å². The number of phenols is 1. The highest BCUT2D eigenvalue weighted by Gasteiger charge is 2.17. The van der Waals surface area contributed by atoms with Crippen molar-refractivity contribution in [1.82, 2.24) is 14.9 Å². The molecule has 136 valence electrons. The van der Waals surface area contributed by atoms with Crippen molar-refractivity contribution in [2.45, 2.75) is 32.7 Å². The Morgan fingerprint density at radius 2 is 1.69 bits per heavy atom. The number of nitrogens with one attached hydrogen (secondary N) is 1. The van der Waals surface area contributed by atoms with E-state index in [1.807, 2.05) is 26.2 Å². The maximum absolute atomic E-state index is 9.87. The van der Waals surface area contributed by atoms with Crippen LogP contribution in [-0.2, 0) is 12.0 Å². The lowest BCUT2D eigenvalue weighted by Gasteiger charge is -2.19. The molecule has 3 rings (SSSR count). The van der Waals surface area contributed by atoms with Crippen molar-refractivity contribution in [3.8, 4) is 28.3 Å². The van der Waals surface area contributed by atoms with E-state index >= 15 is 0 Å². The first-order valence-corrected chi connectivity index (χ1v) is 8.88. The zero-order valence-corrected chi connectivity index (χ0v) is 16.2. The first kappa shape index (κ1) is 18.2. The van der Waals surface area contributed by atoms with Crippen molar-refractivity contribution in [2.24, 2.45) is 0 Å². The molecule has 1 heterocycles. The van der Waals surface area contributed by atoms with Crippen LogP contribution in [0.5, 0.6) is 5.75 Å². The predicted octanol–water partition coefficient (Wildman–Crippen LogP) is 4.81. The predicted molar refractivity (Wildman–Crippen MR) is 107 cm³/mol. The summed E-state index contributed by atoms with van der Waals surface area (Å²) in [6, 6.07) is 15.9. The van der Waals surface area contributed by atoms with Crippen molar-refractivity contribution in [3.63, 3.8) is 0 Å². The van der Waals surface area contributed by atoms with Gasteiger partial charge in [0.1, 0.15) is 11.6 Å². The molecule has 0 fully saturated rings. The minimum atomic E-state index is 0.122. The maximum atomic E-state index is 9.87. The number of aromatic amines is 1. The van der Waals surface area contributed by atoms with E-state index in [1.165, 1.54) is 5.56 Å². The molecule has 0 aliphatic carbocycles. The second-order valence-corrected chi connectivity index (χ2v) is 8.02. The first-order chi connectivity index (χ1) is 12.2. The Balaban J connectivity index is 2.08. The van der Waals surface area contributed by atoms with E-state index in [2.05, 4.69) is 54.9 Å². The summed E-state index contributed by atoms with van der Waals surface area (Å²) in [6.07, 6.45) is 0. The Bertz CT molecular complexity index is 886. The van der Waals surface area contributed by atoms with E-state index < -0.39 is 0 Å². The van der Waals surface area contributed by atoms with Crippen molar-refractivity contribution in [3.05, 3.63) is 59.9 Å². The highest BCUT2D eigenvalue weighted by molar-refractivity contribution is 5.79. The summed E-state index contributed by atoms with van der Waals surface area (Å²) in [4.78, 5) is 10.4. The Labute approximate surface area is 155 Å². The van der Waals surface area contributed by atoms with Gasteiger partial charge in [0.15, 0.2) is 0 Å². The van der Waals surface area contributed by atoms with Gasteiger partial charge in [-0.2, -0.15) is 0 Å². The minimum Gasteiger partial charge on any atom is -0.508 e. The number of benzene rings is 2. The van der Waals surface area contributed by atoms with Crippen molar-refractivity contribution in [2.75, 3.05) is 14.1 Å². The Morgan fingerprint density at radius 1 is 1.00 bits per heavy atom. The molecule has 0 saturated heterocycles. The molecular formula is C22H27N3O. The van der Waals surface area contributed by atoms with Crippen LogP contribution < -0.4 is 0 Å². The quantitative estimate of drug-likeness (QED) is 0.711. The molecule has 0 amide bonds. The Morgan fingerprint density at radius 3 is 2.27 bits per heavy atom. The highest BCUT2D eigenvalue weighted by Crippen LogP contribution is 2.33. The van der Waals surface area contributed by atoms with Crippen molar-refractivity contribution < 1.29 is 5.11 Å². The van der Waals surface area contributed by atoms with Crippen LogP contribution in [0.3, 0.4) is 0 Å². The number of H-pyrrole nitrogens is 1. The maximum Gasteiger partial charge on any atom is 0.121 e. The summed E-state index contributed by atoms with van der Waals surface area (Å²) >= 11 is 0. The fourth-order valence-electron chi connectivity index (χ4n) is 3.00. The molecule has 26 heavy (non-hydrogen) atoms. The lowest BCUT2D eigenvalue weighted by Crippen LogP contribution is -2.11. The smallest absolute Gasteiger partial charge is 0.121 e. The lowest BCUT2D eigenvalue weighted by atomic mass is 9.86. The van der Waals surface area contributed by atoms with Crippen molar-refractivity contribution >= 4 is 0 Å². The number of aromatic hydroxyl groups is 1. The van der Waals surface area contributed by atoms with Gasteiger partial charge in [0.05, 0.1) is 17.9 Å². The highest BCUT2D eigenvalue weighted by atomic mass is 16.3. The van der Waals surface area contributed by atoms with E-state index in [4.69, 9.17) is 4.98 Å². The van der Waals surface area contributed by atoms with Crippen LogP contribution in [0, 0.1) is 0 Å². The molecule has 0 saturated carbocycles. The second-order valence-electron chi connectivity index (χ2n) is 8.02. The largest absolute Gasteiger partial charge is 0.508 e. The van der Waals surface area contributed by atoms with Crippen LogP contribution in [0.15, 0.2) is 48.5 Å². The van der Waals surface area contributed by atoms with Gasteiger partial charge in [-0.15, -0.1) is 0 Å². The van der Waals surface area contributed by atoms with Crippen LogP contribution in [0.2, 0.25) is 0 Å². The Kier molecular flexibility index (Phi) is 4.88. The fraction of sp³-hybridized carbons (Fsp3) is 0.318. The van der Waals surface area contributed by atoms with Crippen LogP contribution >= 0.6 is 0 Å². The molecule has 4 nitrogen and oxygen atoms in total. The van der Waals surface area contributed by atoms with E-state index in [0.29, 0.717) is 0 Å². The lowest BCUT2D eigenvalue weighted by molar-refractivity contribution is 0.392. The molecule has 4 heteroatoms. The topological polar surface area (TPSA) is 52.1 Å². The monoisotopic (exact) mass is 349 g/mol. The molecule has 3 aromatic rings. The van der Waals surface area contributed by atoms with Gasteiger partial charge in [0, 0.05) is 11.1 Å². The van der Waals surface area contributed by atoms with Crippen LogP contribution in [-0.4, -0.2) is 34.1 Å². The summed E-state index contributed by atoms with van der Waals surface area (Å²) in [5.41, 5.74) is 5.26. The summed E-state index contributed by atoms with van der Waals surface area (Å²) in [6.45, 7) is 7.37. The average molecular weight is 349 g/mol. The van der Waals surface area contributed by atoms with Gasteiger partial charge in [0.2, 0.25) is 0 Å². The summed E-state index contributed by atoms with van der Waals surface area (Å²) < 4.78 is 0. The number of nitrogens with zero attached hydrogens (tertiary/aromatic N) is 2. The van der Waals surface area contributed by atoms with Gasteiger partial charge < -0.3 is 15.0 Å². The summed E-state index contributed by atoms with van der Waals surface area (Å²) in [7, 11) is 4.04. The van der Waals surface area contributed by atoms with Gasteiger partial charge in [-0.3, -0.25) is 0 Å². The molecule has 0 bridgehead atoms. The van der Waals surface area contributed by atoms with E-state index in [9.17, 15) is 5.11 Å². The summed E-state index contributed by atoms with van der Waals surface area (Å²) in [5.74, 6) is 1.15. The number of hydrogen-bond donors (Lipinski definition) is 2. The fourth-order valence-corrected chi connectivity index (χ4v) is 3.00. The average Bonchev–Trinajstić information content (AvgIpc) is 2.97. The number of hydrogen-bond acceptors (Lipinski definition) is 3. The van der Waals surface area contributed by atoms with E-state index in [1.54, 1.807) is 12.1 Å². The van der Waals surface area contributed by atoms with Crippen LogP contribution in [0.4, 0.5) is 0 Å². The zero-order chi connectivity index (χ0) is 18.9. The summed E-state index contributed by atoms with van der Waals surface area (Å²) in [5, 5.41) is 9.87.